The Hall–Kier alpha value is -4.05. The smallest absolute Gasteiger partial charge is 0.221 e. The minimum Gasteiger partial charge on any atom is -0.439 e. The van der Waals surface area contributed by atoms with Crippen molar-refractivity contribution in [3.8, 4) is 23.3 Å². The monoisotopic (exact) mass is 1210 g/mol. The molecule has 23 heteroatoms. The third-order valence-electron chi connectivity index (χ3n) is 9.06. The molecule has 0 spiro atoms. The molecule has 0 aliphatic carbocycles. The molecule has 3 heterocycles. The Kier molecular flexibility index (Phi) is 23.4. The van der Waals surface area contributed by atoms with Crippen LogP contribution in [0.25, 0.3) is 0 Å². The Balaban J connectivity index is 0.000000270. The van der Waals surface area contributed by atoms with Gasteiger partial charge in [0, 0.05) is 50.7 Å². The number of hydrogen-bond acceptors (Lipinski definition) is 14. The second kappa shape index (κ2) is 27.1. The molecule has 3 aromatic carbocycles. The summed E-state index contributed by atoms with van der Waals surface area (Å²) < 4.78 is 36.3. The average Bonchev–Trinajstić information content (AvgIpc) is 3.83. The Morgan fingerprint density at radius 1 is 0.686 bits per heavy atom. The molecule has 70 heavy (non-hydrogen) atoms. The summed E-state index contributed by atoms with van der Waals surface area (Å²) in [5, 5.41) is 30.4. The van der Waals surface area contributed by atoms with Gasteiger partial charge in [-0.25, -0.2) is 9.36 Å². The number of carbonyl (C=O) groups excluding carboxylic acids is 4. The molecule has 0 amide bonds. The van der Waals surface area contributed by atoms with E-state index in [2.05, 4.69) is 10.2 Å². The van der Waals surface area contributed by atoms with Crippen molar-refractivity contribution in [2.75, 3.05) is 11.9 Å². The molecule has 0 radical (unpaired) electrons. The number of aliphatic hydroxyl groups is 2. The van der Waals surface area contributed by atoms with E-state index in [1.54, 1.807) is 49.4 Å². The first-order chi connectivity index (χ1) is 32.9. The number of fused-ring (bicyclic) bond motifs is 1. The van der Waals surface area contributed by atoms with Crippen molar-refractivity contribution in [2.45, 2.75) is 113 Å². The number of rotatable bonds is 15. The number of alkyl halides is 2. The fourth-order valence-electron chi connectivity index (χ4n) is 6.65. The summed E-state index contributed by atoms with van der Waals surface area (Å²) >= 11 is 27.6. The molecule has 6 rings (SSSR count). The van der Waals surface area contributed by atoms with Gasteiger partial charge in [-0.2, -0.15) is 10.2 Å². The van der Waals surface area contributed by atoms with Crippen molar-refractivity contribution < 1.29 is 51.1 Å². The number of aliphatic hydroxyl groups excluding tert-OH is 2. The molecule has 386 valence electrons. The van der Waals surface area contributed by atoms with Gasteiger partial charge < -0.3 is 19.7 Å². The van der Waals surface area contributed by atoms with Crippen molar-refractivity contribution in [1.29, 1.82) is 0 Å². The maximum atomic E-state index is 12.1. The third kappa shape index (κ3) is 16.0. The van der Waals surface area contributed by atoms with Gasteiger partial charge in [0.25, 0.3) is 0 Å². The van der Waals surface area contributed by atoms with Crippen molar-refractivity contribution in [2.24, 2.45) is 0 Å². The normalized spacial score (nSPS) is 13.9. The van der Waals surface area contributed by atoms with Gasteiger partial charge in [0.05, 0.1) is 34.9 Å². The van der Waals surface area contributed by atoms with Crippen LogP contribution in [0.1, 0.15) is 114 Å². The van der Waals surface area contributed by atoms with Crippen LogP contribution in [-0.4, -0.2) is 71.7 Å². The van der Waals surface area contributed by atoms with Crippen LogP contribution in [0.5, 0.6) is 23.3 Å². The van der Waals surface area contributed by atoms with E-state index in [0.717, 1.165) is 56.1 Å². The van der Waals surface area contributed by atoms with Crippen LogP contribution in [-0.2, 0) is 52.3 Å². The molecule has 0 fully saturated rings. The number of halogens is 7. The van der Waals surface area contributed by atoms with Crippen LogP contribution in [0.4, 0.5) is 0 Å². The first-order valence-corrected chi connectivity index (χ1v) is 28.8. The third-order valence-corrected chi connectivity index (χ3v) is 18.1. The quantitative estimate of drug-likeness (QED) is 0.0741. The van der Waals surface area contributed by atoms with E-state index >= 15 is 0 Å². The number of benzene rings is 3. The van der Waals surface area contributed by atoms with Crippen molar-refractivity contribution in [3.63, 3.8) is 0 Å². The molecule has 5 aromatic rings. The number of nitrogens with zero attached hydrogens (tertiary/aromatic N) is 4. The Morgan fingerprint density at radius 3 is 1.43 bits per heavy atom. The number of ether oxygens (including phenoxy) is 2. The Labute approximate surface area is 440 Å². The van der Waals surface area contributed by atoms with Crippen molar-refractivity contribution in [3.05, 3.63) is 112 Å². The maximum Gasteiger partial charge on any atom is 0.221 e. The van der Waals surface area contributed by atoms with E-state index < -0.39 is 48.7 Å². The van der Waals surface area contributed by atoms with Crippen molar-refractivity contribution >= 4 is 112 Å². The summed E-state index contributed by atoms with van der Waals surface area (Å²) in [4.78, 5) is 46.7. The molecule has 0 saturated carbocycles. The fraction of sp³-hybridized carbons (Fsp3) is 0.404. The van der Waals surface area contributed by atoms with E-state index in [4.69, 9.17) is 91.3 Å². The first-order valence-electron chi connectivity index (χ1n) is 21.6. The topological polar surface area (TPSA) is 200 Å². The van der Waals surface area contributed by atoms with Gasteiger partial charge in [0.1, 0.15) is 11.5 Å². The average molecular weight is 1210 g/mol. The molecule has 0 saturated heterocycles. The molecule has 16 nitrogen and oxygen atoms in total. The Morgan fingerprint density at radius 2 is 1.07 bits per heavy atom. The molecule has 0 bridgehead atoms. The zero-order valence-corrected chi connectivity index (χ0v) is 46.9. The van der Waals surface area contributed by atoms with E-state index in [0.29, 0.717) is 56.2 Å². The summed E-state index contributed by atoms with van der Waals surface area (Å²) in [7, 11) is 0. The van der Waals surface area contributed by atoms with E-state index in [1.807, 2.05) is 50.9 Å². The van der Waals surface area contributed by atoms with Crippen LogP contribution < -0.4 is 9.47 Å². The van der Waals surface area contributed by atoms with Crippen LogP contribution in [0, 0.1) is 3.57 Å². The van der Waals surface area contributed by atoms with Gasteiger partial charge in [-0.3, -0.25) is 0 Å². The molecule has 1 unspecified atom stereocenters. The van der Waals surface area contributed by atoms with Gasteiger partial charge >= 0.3 is 128 Å². The molecule has 1 atom stereocenters. The molecule has 2 aromatic heterocycles. The van der Waals surface area contributed by atoms with E-state index in [1.165, 1.54) is 18.2 Å². The summed E-state index contributed by atoms with van der Waals surface area (Å²) in [5.74, 6) is -1.14. The van der Waals surface area contributed by atoms with Gasteiger partial charge in [0.15, 0.2) is 0 Å². The predicted octanol–water partition coefficient (Wildman–Crippen LogP) is 13.1. The number of aromatic nitrogens is 4. The number of hydrogen-bond donors (Lipinski definition) is 2. The van der Waals surface area contributed by atoms with Gasteiger partial charge in [-0.05, 0) is 83.9 Å². The molecular weight excluding hydrogens is 1150 g/mol. The fourth-order valence-corrected chi connectivity index (χ4v) is 15.4. The van der Waals surface area contributed by atoms with E-state index in [-0.39, 0.29) is 33.2 Å². The van der Waals surface area contributed by atoms with Crippen molar-refractivity contribution in [1.82, 2.24) is 19.6 Å². The second-order valence-electron chi connectivity index (χ2n) is 15.5. The zero-order chi connectivity index (χ0) is 52.7. The SMILES string of the molecule is CC(=O)OI1(OC(C)=O)(OC(C)=O)OC(=O)c2ccccc21.CCc1c(CC(C)O)nn(C(C)C)c1Oc1cc(Cl)cc(Cl)c1.CCc1c(CCO)nn(C(C)C)c1Oc1cc(Cl)cc(Cl)c1.ClCCl. The largest absolute Gasteiger partial charge is 0.439 e. The second-order valence-corrected chi connectivity index (χ2v) is 24.9. The molecule has 1 aliphatic heterocycles. The Bertz CT molecular complexity index is 2530. The molecule has 1 aliphatic rings. The zero-order valence-electron chi connectivity index (χ0n) is 40.2. The van der Waals surface area contributed by atoms with Gasteiger partial charge in [0.2, 0.25) is 11.8 Å². The minimum atomic E-state index is -6.03. The summed E-state index contributed by atoms with van der Waals surface area (Å²) in [6, 6.07) is 16.3. The summed E-state index contributed by atoms with van der Waals surface area (Å²) in [5.41, 5.74) is 3.73. The van der Waals surface area contributed by atoms with Crippen LogP contribution in [0.2, 0.25) is 20.1 Å². The van der Waals surface area contributed by atoms with Gasteiger partial charge in [-0.1, -0.05) is 60.3 Å². The van der Waals surface area contributed by atoms with E-state index in [9.17, 15) is 29.4 Å². The standard InChI is InChI=1S/C17H22Cl2N2O2.C16H20Cl2N2O2.C13H13IO8.CH2Cl2/c1-5-15-16(6-11(4)22)20-21(10(2)3)17(15)23-14-8-12(18)7-13(19)9-14;1-4-14-15(5-6-21)19-20(10(2)3)16(14)22-13-8-11(17)7-12(18)9-13;1-8(15)19-14(20-9(2)16,21-10(3)17)12-7-5-4-6-11(12)13(18)22-14;2-1-3/h7-11,22H,5-6H2,1-4H3;7-10,21H,4-6H2,1-3H3;4-7H,1-3H3;1H2. The predicted molar refractivity (Wildman–Crippen MR) is 280 cm³/mol. The molecular formula is C47H57Cl6IN4O12. The van der Waals surface area contributed by atoms with Crippen LogP contribution in [0.3, 0.4) is 0 Å². The minimum absolute atomic E-state index is 0.0142. The summed E-state index contributed by atoms with van der Waals surface area (Å²) in [6.45, 7) is 17.1. The maximum absolute atomic E-state index is 12.1. The van der Waals surface area contributed by atoms with Crippen LogP contribution in [0.15, 0.2) is 60.7 Å². The first kappa shape index (κ1) is 60.3. The number of carbonyl (C=O) groups is 4. The van der Waals surface area contributed by atoms with Gasteiger partial charge in [-0.15, -0.1) is 23.2 Å². The summed E-state index contributed by atoms with van der Waals surface area (Å²) in [6.07, 6.45) is 2.08. The molecule has 2 N–H and O–H groups in total. The van der Waals surface area contributed by atoms with Crippen LogP contribution >= 0.6 is 88.3 Å².